The molecular formula is C18H25NO5. The van der Waals surface area contributed by atoms with E-state index in [1.165, 1.54) is 12.0 Å². The van der Waals surface area contributed by atoms with Crippen LogP contribution in [0.1, 0.15) is 32.8 Å². The van der Waals surface area contributed by atoms with Crippen molar-refractivity contribution in [2.45, 2.75) is 51.5 Å². The molecule has 2 rings (SSSR count). The van der Waals surface area contributed by atoms with Gasteiger partial charge in [-0.15, -0.1) is 0 Å². The Hall–Kier alpha value is -2.08. The lowest BCUT2D eigenvalue weighted by molar-refractivity contribution is -0.150. The second-order valence-corrected chi connectivity index (χ2v) is 6.77. The normalized spacial score (nSPS) is 20.8. The summed E-state index contributed by atoms with van der Waals surface area (Å²) in [6.45, 7) is 6.14. The summed E-state index contributed by atoms with van der Waals surface area (Å²) in [6.07, 6.45) is -0.375. The Morgan fingerprint density at radius 2 is 1.88 bits per heavy atom. The van der Waals surface area contributed by atoms with Crippen molar-refractivity contribution in [2.24, 2.45) is 0 Å². The molecule has 1 aliphatic heterocycles. The highest BCUT2D eigenvalue weighted by atomic mass is 16.6. The van der Waals surface area contributed by atoms with Gasteiger partial charge in [0.15, 0.2) is 6.04 Å². The van der Waals surface area contributed by atoms with Gasteiger partial charge < -0.3 is 14.2 Å². The minimum absolute atomic E-state index is 0.376. The number of esters is 1. The maximum absolute atomic E-state index is 12.4. The molecule has 1 saturated heterocycles. The fraction of sp³-hybridized carbons (Fsp3) is 0.556. The molecule has 2 atom stereocenters. The summed E-state index contributed by atoms with van der Waals surface area (Å²) in [5.74, 6) is -0.489. The van der Waals surface area contributed by atoms with Crippen LogP contribution in [0.15, 0.2) is 30.3 Å². The van der Waals surface area contributed by atoms with Crippen LogP contribution in [0.4, 0.5) is 4.79 Å². The summed E-state index contributed by atoms with van der Waals surface area (Å²) in [5, 5.41) is 0. The smallest absolute Gasteiger partial charge is 0.411 e. The lowest BCUT2D eigenvalue weighted by atomic mass is 10.1. The number of benzene rings is 1. The molecule has 6 nitrogen and oxygen atoms in total. The number of rotatable bonds is 4. The van der Waals surface area contributed by atoms with Crippen molar-refractivity contribution in [1.29, 1.82) is 0 Å². The summed E-state index contributed by atoms with van der Waals surface area (Å²) in [4.78, 5) is 25.9. The Bertz CT molecular complexity index is 567. The van der Waals surface area contributed by atoms with E-state index in [2.05, 4.69) is 0 Å². The first kappa shape index (κ1) is 18.3. The molecule has 0 bridgehead atoms. The summed E-state index contributed by atoms with van der Waals surface area (Å²) in [7, 11) is 1.31. The van der Waals surface area contributed by atoms with E-state index < -0.39 is 29.8 Å². The summed E-state index contributed by atoms with van der Waals surface area (Å²) in [6, 6.07) is 8.91. The van der Waals surface area contributed by atoms with Gasteiger partial charge in [0.25, 0.3) is 0 Å². The highest BCUT2D eigenvalue weighted by Gasteiger charge is 2.45. The molecule has 1 aliphatic rings. The van der Waals surface area contributed by atoms with E-state index in [0.717, 1.165) is 5.56 Å². The number of ether oxygens (including phenoxy) is 3. The molecule has 132 valence electrons. The molecule has 0 aliphatic carbocycles. The number of carbonyl (C=O) groups excluding carboxylic acids is 2. The second kappa shape index (κ2) is 7.66. The number of hydrogen-bond donors (Lipinski definition) is 0. The van der Waals surface area contributed by atoms with Crippen molar-refractivity contribution in [1.82, 2.24) is 4.90 Å². The van der Waals surface area contributed by atoms with Crippen molar-refractivity contribution >= 4 is 12.1 Å². The monoisotopic (exact) mass is 335 g/mol. The van der Waals surface area contributed by atoms with Crippen molar-refractivity contribution in [2.75, 3.05) is 13.7 Å². The number of likely N-dealkylation sites (tertiary alicyclic amines) is 1. The maximum Gasteiger partial charge on any atom is 0.411 e. The molecule has 6 heteroatoms. The van der Waals surface area contributed by atoms with E-state index in [-0.39, 0.29) is 0 Å². The zero-order valence-corrected chi connectivity index (χ0v) is 14.7. The van der Waals surface area contributed by atoms with Crippen LogP contribution in [0.5, 0.6) is 0 Å². The van der Waals surface area contributed by atoms with Gasteiger partial charge in [-0.1, -0.05) is 30.3 Å². The van der Waals surface area contributed by atoms with Gasteiger partial charge >= 0.3 is 12.1 Å². The first-order valence-corrected chi connectivity index (χ1v) is 8.05. The predicted octanol–water partition coefficient (Wildman–Crippen LogP) is 2.75. The zero-order valence-electron chi connectivity index (χ0n) is 14.7. The molecule has 0 N–H and O–H groups in total. The van der Waals surface area contributed by atoms with Crippen molar-refractivity contribution in [3.8, 4) is 0 Å². The molecule has 1 aromatic rings. The maximum atomic E-state index is 12.4. The predicted molar refractivity (Wildman–Crippen MR) is 88.4 cm³/mol. The van der Waals surface area contributed by atoms with Gasteiger partial charge in [-0.2, -0.15) is 0 Å². The van der Waals surface area contributed by atoms with Crippen LogP contribution in [-0.4, -0.2) is 48.4 Å². The molecular weight excluding hydrogens is 310 g/mol. The number of amides is 1. The largest absolute Gasteiger partial charge is 0.467 e. The van der Waals surface area contributed by atoms with Gasteiger partial charge in [-0.25, -0.2) is 9.59 Å². The highest BCUT2D eigenvalue weighted by molar-refractivity contribution is 5.83. The number of carbonyl (C=O) groups is 2. The van der Waals surface area contributed by atoms with Gasteiger partial charge in [0.2, 0.25) is 0 Å². The number of hydrogen-bond acceptors (Lipinski definition) is 5. The molecule has 0 saturated carbocycles. The van der Waals surface area contributed by atoms with Gasteiger partial charge in [0.1, 0.15) is 5.60 Å². The lowest BCUT2D eigenvalue weighted by Crippen LogP contribution is -2.48. The van der Waals surface area contributed by atoms with Crippen molar-refractivity contribution < 1.29 is 23.8 Å². The molecule has 0 spiro atoms. The average molecular weight is 335 g/mol. The van der Waals surface area contributed by atoms with Crippen LogP contribution >= 0.6 is 0 Å². The highest BCUT2D eigenvalue weighted by Crippen LogP contribution is 2.25. The molecule has 1 fully saturated rings. The minimum Gasteiger partial charge on any atom is -0.467 e. The first-order chi connectivity index (χ1) is 11.3. The van der Waals surface area contributed by atoms with E-state index in [4.69, 9.17) is 14.2 Å². The topological polar surface area (TPSA) is 65.1 Å². The molecule has 1 amide bonds. The van der Waals surface area contributed by atoms with Crippen LogP contribution < -0.4 is 0 Å². The molecule has 1 aromatic carbocycles. The van der Waals surface area contributed by atoms with E-state index in [9.17, 15) is 9.59 Å². The van der Waals surface area contributed by atoms with Gasteiger partial charge in [0, 0.05) is 6.54 Å². The molecule has 0 radical (unpaired) electrons. The van der Waals surface area contributed by atoms with Crippen LogP contribution in [0.2, 0.25) is 0 Å². The quantitative estimate of drug-likeness (QED) is 0.792. The number of nitrogens with zero attached hydrogens (tertiary/aromatic N) is 1. The summed E-state index contributed by atoms with van der Waals surface area (Å²) < 4.78 is 16.1. The second-order valence-electron chi connectivity index (χ2n) is 6.77. The number of methoxy groups -OCH3 is 1. The third-order valence-electron chi connectivity index (χ3n) is 3.72. The zero-order chi connectivity index (χ0) is 17.7. The van der Waals surface area contributed by atoms with E-state index in [1.807, 2.05) is 30.3 Å². The Balaban J connectivity index is 2.06. The lowest BCUT2D eigenvalue weighted by Gasteiger charge is -2.29. The van der Waals surface area contributed by atoms with E-state index in [0.29, 0.717) is 19.6 Å². The summed E-state index contributed by atoms with van der Waals surface area (Å²) in [5.41, 5.74) is 0.387. The van der Waals surface area contributed by atoms with Gasteiger partial charge in [-0.3, -0.25) is 4.90 Å². The molecule has 0 aromatic heterocycles. The Kier molecular flexibility index (Phi) is 5.83. The Labute approximate surface area is 142 Å². The Morgan fingerprint density at radius 1 is 1.21 bits per heavy atom. The molecule has 0 unspecified atom stereocenters. The first-order valence-electron chi connectivity index (χ1n) is 8.05. The SMILES string of the molecule is COC(=O)[C@@H]1[C@H](OCc2ccccc2)CCN1C(=O)OC(C)(C)C. The van der Waals surface area contributed by atoms with Crippen LogP contribution in [0.3, 0.4) is 0 Å². The van der Waals surface area contributed by atoms with Crippen LogP contribution in [0.25, 0.3) is 0 Å². The molecule has 1 heterocycles. The van der Waals surface area contributed by atoms with Crippen LogP contribution in [0, 0.1) is 0 Å². The third kappa shape index (κ3) is 4.71. The fourth-order valence-corrected chi connectivity index (χ4v) is 2.64. The average Bonchev–Trinajstić information content (AvgIpc) is 2.95. The standard InChI is InChI=1S/C18H25NO5/c1-18(2,3)24-17(21)19-11-10-14(15(19)16(20)22-4)23-12-13-8-6-5-7-9-13/h5-9,14-15H,10-12H2,1-4H3/t14-,15+/m1/s1. The van der Waals surface area contributed by atoms with E-state index >= 15 is 0 Å². The summed E-state index contributed by atoms with van der Waals surface area (Å²) >= 11 is 0. The third-order valence-corrected chi connectivity index (χ3v) is 3.72. The fourth-order valence-electron chi connectivity index (χ4n) is 2.64. The van der Waals surface area contributed by atoms with Gasteiger partial charge in [0.05, 0.1) is 19.8 Å². The van der Waals surface area contributed by atoms with Crippen molar-refractivity contribution in [3.63, 3.8) is 0 Å². The van der Waals surface area contributed by atoms with E-state index in [1.54, 1.807) is 20.8 Å². The van der Waals surface area contributed by atoms with Crippen molar-refractivity contribution in [3.05, 3.63) is 35.9 Å². The minimum atomic E-state index is -0.784. The Morgan fingerprint density at radius 3 is 2.46 bits per heavy atom. The van der Waals surface area contributed by atoms with Crippen LogP contribution in [-0.2, 0) is 25.6 Å². The van der Waals surface area contributed by atoms with Gasteiger partial charge in [-0.05, 0) is 32.8 Å². The molecule has 24 heavy (non-hydrogen) atoms.